The lowest BCUT2D eigenvalue weighted by Crippen LogP contribution is -2.18. The number of thiophene rings is 1. The van der Waals surface area contributed by atoms with Crippen molar-refractivity contribution in [2.24, 2.45) is 0 Å². The van der Waals surface area contributed by atoms with E-state index in [0.717, 1.165) is 9.35 Å². The molecule has 2 heterocycles. The third-order valence-corrected chi connectivity index (χ3v) is 4.73. The number of aliphatic hydroxyl groups excluding tert-OH is 1. The molecule has 0 fully saturated rings. The number of aliphatic hydroxyl groups is 1. The molecule has 1 aromatic heterocycles. The van der Waals surface area contributed by atoms with Crippen LogP contribution in [0, 0.1) is 5.82 Å². The fraction of sp³-hybridized carbons (Fsp3) is 0.231. The maximum absolute atomic E-state index is 13.2. The Morgan fingerprint density at radius 3 is 2.94 bits per heavy atom. The zero-order valence-electron chi connectivity index (χ0n) is 9.27. The third kappa shape index (κ3) is 2.18. The lowest BCUT2D eigenvalue weighted by atomic mass is 9.98. The average molecular weight is 329 g/mol. The molecule has 1 unspecified atom stereocenters. The highest BCUT2D eigenvalue weighted by Crippen LogP contribution is 2.42. The minimum Gasteiger partial charge on any atom is -0.484 e. The first-order chi connectivity index (χ1) is 8.63. The minimum absolute atomic E-state index is 0.217. The molecule has 18 heavy (non-hydrogen) atoms. The van der Waals surface area contributed by atoms with E-state index in [9.17, 15) is 9.50 Å². The van der Waals surface area contributed by atoms with Crippen LogP contribution in [0.2, 0.25) is 0 Å². The molecule has 1 aliphatic rings. The highest BCUT2D eigenvalue weighted by atomic mass is 79.9. The second-order valence-electron chi connectivity index (χ2n) is 4.21. The van der Waals surface area contributed by atoms with Gasteiger partial charge in [-0.3, -0.25) is 0 Å². The van der Waals surface area contributed by atoms with Gasteiger partial charge in [-0.15, -0.1) is 11.3 Å². The van der Waals surface area contributed by atoms with Crippen LogP contribution in [0.25, 0.3) is 0 Å². The normalized spacial score (nSPS) is 22.4. The molecule has 0 saturated heterocycles. The van der Waals surface area contributed by atoms with Gasteiger partial charge in [-0.2, -0.15) is 0 Å². The van der Waals surface area contributed by atoms with Gasteiger partial charge in [0.05, 0.1) is 6.10 Å². The van der Waals surface area contributed by atoms with Gasteiger partial charge in [-0.25, -0.2) is 4.39 Å². The van der Waals surface area contributed by atoms with Crippen molar-refractivity contribution in [3.8, 4) is 5.75 Å². The second-order valence-corrected chi connectivity index (χ2v) is 6.07. The zero-order valence-corrected chi connectivity index (χ0v) is 11.7. The molecule has 0 bridgehead atoms. The van der Waals surface area contributed by atoms with E-state index in [0.29, 0.717) is 17.7 Å². The van der Waals surface area contributed by atoms with Crippen LogP contribution in [0.1, 0.15) is 29.1 Å². The van der Waals surface area contributed by atoms with Crippen molar-refractivity contribution in [1.29, 1.82) is 0 Å². The number of hydrogen-bond donors (Lipinski definition) is 1. The molecule has 94 valence electrons. The summed E-state index contributed by atoms with van der Waals surface area (Å²) < 4.78 is 20.0. The number of benzene rings is 1. The molecule has 2 aromatic rings. The van der Waals surface area contributed by atoms with Gasteiger partial charge in [0.25, 0.3) is 0 Å². The maximum Gasteiger partial charge on any atom is 0.136 e. The molecule has 1 N–H and O–H groups in total. The van der Waals surface area contributed by atoms with Gasteiger partial charge in [0.15, 0.2) is 0 Å². The van der Waals surface area contributed by atoms with Crippen LogP contribution in [-0.4, -0.2) is 5.11 Å². The van der Waals surface area contributed by atoms with Gasteiger partial charge in [-0.05, 0) is 34.1 Å². The molecular formula is C13H10BrFO2S. The standard InChI is InChI=1S/C13H10BrFO2S/c14-7-3-13(18-6-7)12-5-10(16)9-2-1-8(15)4-11(9)17-12/h1-4,6,10,12,16H,5H2/t10-,12?/m1/s1. The Morgan fingerprint density at radius 1 is 1.39 bits per heavy atom. The Labute approximate surface area is 116 Å². The molecular weight excluding hydrogens is 319 g/mol. The van der Waals surface area contributed by atoms with Gasteiger partial charge in [0.2, 0.25) is 0 Å². The van der Waals surface area contributed by atoms with Crippen LogP contribution in [0.4, 0.5) is 4.39 Å². The van der Waals surface area contributed by atoms with E-state index in [-0.39, 0.29) is 11.9 Å². The van der Waals surface area contributed by atoms with Crippen molar-refractivity contribution in [2.75, 3.05) is 0 Å². The topological polar surface area (TPSA) is 29.5 Å². The van der Waals surface area contributed by atoms with Gasteiger partial charge >= 0.3 is 0 Å². The van der Waals surface area contributed by atoms with Gasteiger partial charge in [0.1, 0.15) is 17.7 Å². The summed E-state index contributed by atoms with van der Waals surface area (Å²) in [5, 5.41) is 12.0. The highest BCUT2D eigenvalue weighted by molar-refractivity contribution is 9.10. The predicted octanol–water partition coefficient (Wildman–Crippen LogP) is 4.21. The summed E-state index contributed by atoms with van der Waals surface area (Å²) in [6, 6.07) is 6.21. The number of rotatable bonds is 1. The van der Waals surface area contributed by atoms with Crippen LogP contribution in [0.5, 0.6) is 5.75 Å². The summed E-state index contributed by atoms with van der Waals surface area (Å²) in [5.41, 5.74) is 0.656. The first-order valence-electron chi connectivity index (χ1n) is 5.51. The largest absolute Gasteiger partial charge is 0.484 e. The molecule has 5 heteroatoms. The smallest absolute Gasteiger partial charge is 0.136 e. The molecule has 1 aliphatic heterocycles. The van der Waals surface area contributed by atoms with Crippen LogP contribution in [0.15, 0.2) is 34.1 Å². The Hall–Kier alpha value is -0.910. The third-order valence-electron chi connectivity index (χ3n) is 2.95. The first kappa shape index (κ1) is 12.1. The van der Waals surface area contributed by atoms with E-state index in [2.05, 4.69) is 15.9 Å². The molecule has 1 aromatic carbocycles. The van der Waals surface area contributed by atoms with Crippen molar-refractivity contribution in [3.05, 3.63) is 50.4 Å². The monoisotopic (exact) mass is 328 g/mol. The number of fused-ring (bicyclic) bond motifs is 1. The van der Waals surface area contributed by atoms with Crippen LogP contribution < -0.4 is 4.74 Å². The highest BCUT2D eigenvalue weighted by Gasteiger charge is 2.29. The van der Waals surface area contributed by atoms with Gasteiger partial charge in [0, 0.05) is 32.8 Å². The lowest BCUT2D eigenvalue weighted by Gasteiger charge is -2.29. The molecule has 0 spiro atoms. The SMILES string of the molecule is O[C@@H]1CC(c2cc(Br)cs2)Oc2cc(F)ccc21. The summed E-state index contributed by atoms with van der Waals surface area (Å²) in [6.45, 7) is 0. The molecule has 2 nitrogen and oxygen atoms in total. The van der Waals surface area contributed by atoms with E-state index in [1.165, 1.54) is 12.1 Å². The van der Waals surface area contributed by atoms with Crippen molar-refractivity contribution in [1.82, 2.24) is 0 Å². The van der Waals surface area contributed by atoms with Gasteiger partial charge < -0.3 is 9.84 Å². The Bertz CT molecular complexity index is 584. The Balaban J connectivity index is 1.95. The van der Waals surface area contributed by atoms with E-state index in [1.807, 2.05) is 11.4 Å². The van der Waals surface area contributed by atoms with Crippen molar-refractivity contribution >= 4 is 27.3 Å². The fourth-order valence-electron chi connectivity index (χ4n) is 2.09. The summed E-state index contributed by atoms with van der Waals surface area (Å²) in [4.78, 5) is 1.02. The average Bonchev–Trinajstić information content (AvgIpc) is 2.75. The molecule has 3 rings (SSSR count). The minimum atomic E-state index is -0.611. The van der Waals surface area contributed by atoms with Crippen LogP contribution in [-0.2, 0) is 0 Å². The van der Waals surface area contributed by atoms with Gasteiger partial charge in [-0.1, -0.05) is 0 Å². The summed E-state index contributed by atoms with van der Waals surface area (Å²) in [7, 11) is 0. The molecule has 0 amide bonds. The van der Waals surface area contributed by atoms with Crippen molar-refractivity contribution in [3.63, 3.8) is 0 Å². The lowest BCUT2D eigenvalue weighted by molar-refractivity contribution is 0.0670. The fourth-order valence-corrected chi connectivity index (χ4v) is 3.57. The second kappa shape index (κ2) is 4.64. The molecule has 0 aliphatic carbocycles. The number of halogens is 2. The summed E-state index contributed by atoms with van der Waals surface area (Å²) in [5.74, 6) is 0.0808. The van der Waals surface area contributed by atoms with E-state index in [4.69, 9.17) is 4.74 Å². The Kier molecular flexibility index (Phi) is 3.13. The number of hydrogen-bond acceptors (Lipinski definition) is 3. The molecule has 0 saturated carbocycles. The van der Waals surface area contributed by atoms with E-state index < -0.39 is 6.10 Å². The van der Waals surface area contributed by atoms with E-state index >= 15 is 0 Å². The molecule has 2 atom stereocenters. The zero-order chi connectivity index (χ0) is 12.7. The predicted molar refractivity (Wildman–Crippen MR) is 71.4 cm³/mol. The van der Waals surface area contributed by atoms with Crippen LogP contribution in [0.3, 0.4) is 0 Å². The van der Waals surface area contributed by atoms with Crippen molar-refractivity contribution in [2.45, 2.75) is 18.6 Å². The maximum atomic E-state index is 13.2. The number of ether oxygens (including phenoxy) is 1. The Morgan fingerprint density at radius 2 is 2.22 bits per heavy atom. The summed E-state index contributed by atoms with van der Waals surface area (Å²) in [6.07, 6.45) is -0.336. The van der Waals surface area contributed by atoms with Crippen LogP contribution >= 0.6 is 27.3 Å². The molecule has 0 radical (unpaired) electrons. The first-order valence-corrected chi connectivity index (χ1v) is 7.19. The summed E-state index contributed by atoms with van der Waals surface area (Å²) >= 11 is 4.95. The quantitative estimate of drug-likeness (QED) is 0.849. The van der Waals surface area contributed by atoms with E-state index in [1.54, 1.807) is 17.4 Å². The van der Waals surface area contributed by atoms with Crippen molar-refractivity contribution < 1.29 is 14.2 Å².